The first-order chi connectivity index (χ1) is 11.7. The molecule has 1 fully saturated rings. The molecule has 0 aliphatic carbocycles. The number of nitrogens with zero attached hydrogens (tertiary/aromatic N) is 1. The van der Waals surface area contributed by atoms with Gasteiger partial charge in [-0.15, -0.1) is 6.58 Å². The number of carboxylic acid groups (broad SMARTS) is 1. The molecule has 0 spiro atoms. The van der Waals surface area contributed by atoms with E-state index in [1.54, 1.807) is 18.0 Å². The lowest BCUT2D eigenvalue weighted by Gasteiger charge is -2.05. The first kappa shape index (κ1) is 24.4. The number of carbonyl (C=O) groups excluding carboxylic acids is 2. The summed E-state index contributed by atoms with van der Waals surface area (Å²) < 4.78 is 4.60. The summed E-state index contributed by atoms with van der Waals surface area (Å²) >= 11 is 0. The zero-order valence-electron chi connectivity index (χ0n) is 14.8. The lowest BCUT2D eigenvalue weighted by atomic mass is 10.2. The van der Waals surface area contributed by atoms with Gasteiger partial charge < -0.3 is 14.7 Å². The fourth-order valence-corrected chi connectivity index (χ4v) is 1.38. The second-order valence-corrected chi connectivity index (χ2v) is 4.94. The summed E-state index contributed by atoms with van der Waals surface area (Å²) in [7, 11) is 0. The molecule has 1 amide bonds. The number of aliphatic carboxylic acids is 1. The second kappa shape index (κ2) is 14.7. The molecule has 1 N–H and O–H groups in total. The standard InChI is InChI=1S/C7H10O2.C6H9NO.C6H8O2/c1-4-5-9-7(8)6(2)3;1-2-7-5-3-4-6(7)8;1-3-4-5(2)6(7)8/h4H,1-2,5H2,3H3;2H,1,3-5H2;3H,1-2,4H2,(H,7,8). The predicted molar refractivity (Wildman–Crippen MR) is 98.7 cm³/mol. The van der Waals surface area contributed by atoms with Gasteiger partial charge in [-0.3, -0.25) is 4.79 Å². The third-order valence-corrected chi connectivity index (χ3v) is 2.70. The van der Waals surface area contributed by atoms with E-state index in [2.05, 4.69) is 37.6 Å². The molecule has 0 aromatic heterocycles. The normalized spacial score (nSPS) is 11.7. The Bertz CT molecular complexity index is 534. The van der Waals surface area contributed by atoms with E-state index in [1.165, 1.54) is 12.2 Å². The number of allylic oxidation sites excluding steroid dienone is 1. The number of amides is 1. The largest absolute Gasteiger partial charge is 0.478 e. The van der Waals surface area contributed by atoms with Gasteiger partial charge in [0.15, 0.2) is 0 Å². The first-order valence-electron chi connectivity index (χ1n) is 7.58. The molecule has 0 saturated carbocycles. The van der Waals surface area contributed by atoms with E-state index in [4.69, 9.17) is 5.11 Å². The number of rotatable bonds is 7. The van der Waals surface area contributed by atoms with Crippen LogP contribution in [0.25, 0.3) is 0 Å². The van der Waals surface area contributed by atoms with Crippen LogP contribution in [0.5, 0.6) is 0 Å². The molecule has 1 aliphatic heterocycles. The summed E-state index contributed by atoms with van der Waals surface area (Å²) in [6, 6.07) is 0. The molecule has 0 unspecified atom stereocenters. The maximum Gasteiger partial charge on any atom is 0.333 e. The van der Waals surface area contributed by atoms with Crippen LogP contribution in [0.2, 0.25) is 0 Å². The molecule has 1 heterocycles. The Morgan fingerprint density at radius 1 is 1.24 bits per heavy atom. The van der Waals surface area contributed by atoms with Crippen LogP contribution in [0, 0.1) is 0 Å². The van der Waals surface area contributed by atoms with Gasteiger partial charge in [-0.25, -0.2) is 9.59 Å². The van der Waals surface area contributed by atoms with Crippen molar-refractivity contribution in [2.24, 2.45) is 0 Å². The number of hydrogen-bond acceptors (Lipinski definition) is 4. The minimum absolute atomic E-state index is 0.181. The van der Waals surface area contributed by atoms with Crippen molar-refractivity contribution in [2.75, 3.05) is 13.2 Å². The van der Waals surface area contributed by atoms with Crippen molar-refractivity contribution in [3.63, 3.8) is 0 Å². The minimum atomic E-state index is -0.954. The molecular formula is C19H27NO5. The Kier molecular flexibility index (Phi) is 14.3. The lowest BCUT2D eigenvalue weighted by molar-refractivity contribution is -0.137. The molecule has 1 saturated heterocycles. The molecule has 0 aromatic carbocycles. The van der Waals surface area contributed by atoms with Gasteiger partial charge in [0.05, 0.1) is 0 Å². The number of ether oxygens (including phenoxy) is 1. The summed E-state index contributed by atoms with van der Waals surface area (Å²) in [6.07, 6.45) is 6.67. The summed E-state index contributed by atoms with van der Waals surface area (Å²) in [5.41, 5.74) is 0.594. The fourth-order valence-electron chi connectivity index (χ4n) is 1.38. The van der Waals surface area contributed by atoms with Gasteiger partial charge in [0.2, 0.25) is 5.91 Å². The number of hydrogen-bond donors (Lipinski definition) is 1. The zero-order valence-corrected chi connectivity index (χ0v) is 14.8. The van der Waals surface area contributed by atoms with Crippen LogP contribution in [0.1, 0.15) is 26.2 Å². The summed E-state index contributed by atoms with van der Waals surface area (Å²) in [4.78, 5) is 32.8. The molecule has 1 rings (SSSR count). The van der Waals surface area contributed by atoms with Crippen LogP contribution >= 0.6 is 0 Å². The van der Waals surface area contributed by atoms with Gasteiger partial charge in [-0.1, -0.05) is 38.5 Å². The first-order valence-corrected chi connectivity index (χ1v) is 7.58. The van der Waals surface area contributed by atoms with Crippen LogP contribution in [0.4, 0.5) is 0 Å². The fraction of sp³-hybridized carbons (Fsp3) is 0.316. The van der Waals surface area contributed by atoms with Crippen molar-refractivity contribution >= 4 is 17.8 Å². The third-order valence-electron chi connectivity index (χ3n) is 2.70. The zero-order chi connectivity index (χ0) is 19.8. The Labute approximate surface area is 149 Å². The summed E-state index contributed by atoms with van der Waals surface area (Å²) in [5, 5.41) is 8.17. The van der Waals surface area contributed by atoms with Crippen molar-refractivity contribution in [2.45, 2.75) is 26.2 Å². The van der Waals surface area contributed by atoms with E-state index in [0.29, 0.717) is 18.4 Å². The van der Waals surface area contributed by atoms with Gasteiger partial charge in [0.1, 0.15) is 6.61 Å². The second-order valence-electron chi connectivity index (χ2n) is 4.94. The highest BCUT2D eigenvalue weighted by Crippen LogP contribution is 2.08. The van der Waals surface area contributed by atoms with Crippen LogP contribution in [-0.2, 0) is 19.1 Å². The van der Waals surface area contributed by atoms with Crippen molar-refractivity contribution in [3.8, 4) is 0 Å². The SMILES string of the molecule is C=CCC(=C)C(=O)O.C=CCOC(=O)C(=C)C.C=CN1CCCC1=O. The van der Waals surface area contributed by atoms with Crippen LogP contribution in [-0.4, -0.2) is 41.0 Å². The Morgan fingerprint density at radius 2 is 1.84 bits per heavy atom. The summed E-state index contributed by atoms with van der Waals surface area (Å²) in [5.74, 6) is -1.11. The van der Waals surface area contributed by atoms with Crippen molar-refractivity contribution in [3.05, 3.63) is 62.4 Å². The smallest absolute Gasteiger partial charge is 0.333 e. The van der Waals surface area contributed by atoms with E-state index < -0.39 is 5.97 Å². The highest BCUT2D eigenvalue weighted by atomic mass is 16.5. The molecule has 0 atom stereocenters. The maximum absolute atomic E-state index is 10.7. The van der Waals surface area contributed by atoms with E-state index in [-0.39, 0.29) is 24.1 Å². The van der Waals surface area contributed by atoms with Crippen LogP contribution in [0.3, 0.4) is 0 Å². The van der Waals surface area contributed by atoms with E-state index >= 15 is 0 Å². The van der Waals surface area contributed by atoms with Gasteiger partial charge in [0.25, 0.3) is 0 Å². The van der Waals surface area contributed by atoms with Crippen molar-refractivity contribution in [1.29, 1.82) is 0 Å². The van der Waals surface area contributed by atoms with Gasteiger partial charge in [-0.2, -0.15) is 0 Å². The van der Waals surface area contributed by atoms with E-state index in [1.807, 2.05) is 0 Å². The van der Waals surface area contributed by atoms with Gasteiger partial charge in [-0.05, 0) is 26.0 Å². The number of carbonyl (C=O) groups is 3. The minimum Gasteiger partial charge on any atom is -0.478 e. The summed E-state index contributed by atoms with van der Waals surface area (Å²) in [6.45, 7) is 19.6. The molecular weight excluding hydrogens is 322 g/mol. The Balaban J connectivity index is 0. The topological polar surface area (TPSA) is 83.9 Å². The molecule has 0 bridgehead atoms. The Morgan fingerprint density at radius 3 is 2.08 bits per heavy atom. The average Bonchev–Trinajstić information content (AvgIpc) is 2.99. The monoisotopic (exact) mass is 349 g/mol. The van der Waals surface area contributed by atoms with Crippen LogP contribution in [0.15, 0.2) is 62.4 Å². The van der Waals surface area contributed by atoms with E-state index in [9.17, 15) is 14.4 Å². The maximum atomic E-state index is 10.7. The molecule has 138 valence electrons. The average molecular weight is 349 g/mol. The molecule has 1 aliphatic rings. The highest BCUT2D eigenvalue weighted by molar-refractivity contribution is 5.87. The predicted octanol–water partition coefficient (Wildman–Crippen LogP) is 3.25. The number of esters is 1. The molecule has 0 radical (unpaired) electrons. The molecule has 25 heavy (non-hydrogen) atoms. The van der Waals surface area contributed by atoms with Crippen LogP contribution < -0.4 is 0 Å². The number of likely N-dealkylation sites (tertiary alicyclic amines) is 1. The number of carboxylic acids is 1. The Hall–Kier alpha value is -2.89. The quantitative estimate of drug-likeness (QED) is 0.433. The van der Waals surface area contributed by atoms with Crippen molar-refractivity contribution < 1.29 is 24.2 Å². The van der Waals surface area contributed by atoms with Gasteiger partial charge in [0, 0.05) is 24.1 Å². The molecule has 0 aromatic rings. The van der Waals surface area contributed by atoms with Crippen molar-refractivity contribution in [1.82, 2.24) is 4.90 Å². The van der Waals surface area contributed by atoms with E-state index in [0.717, 1.165) is 13.0 Å². The molecule has 6 heteroatoms. The lowest BCUT2D eigenvalue weighted by Crippen LogP contribution is -2.16. The molecule has 6 nitrogen and oxygen atoms in total. The highest BCUT2D eigenvalue weighted by Gasteiger charge is 2.16. The third kappa shape index (κ3) is 13.3. The van der Waals surface area contributed by atoms with Gasteiger partial charge >= 0.3 is 11.9 Å².